The number of nitrogens with one attached hydrogen (secondary N) is 1. The molecule has 1 aliphatic heterocycles. The SMILES string of the molecule is NC(=O)C1CCCN(CCCNC(=O)C2(c3ccc(Br)cc3)CC2)C1. The maximum atomic E-state index is 12.6. The highest BCUT2D eigenvalue weighted by Crippen LogP contribution is 2.48. The van der Waals surface area contributed by atoms with Gasteiger partial charge < -0.3 is 16.0 Å². The number of amides is 2. The summed E-state index contributed by atoms with van der Waals surface area (Å²) in [4.78, 5) is 26.2. The quantitative estimate of drug-likeness (QED) is 0.680. The van der Waals surface area contributed by atoms with Crippen LogP contribution >= 0.6 is 15.9 Å². The van der Waals surface area contributed by atoms with Crippen molar-refractivity contribution in [3.63, 3.8) is 0 Å². The van der Waals surface area contributed by atoms with Gasteiger partial charge in [-0.1, -0.05) is 28.1 Å². The first-order valence-corrected chi connectivity index (χ1v) is 9.86. The van der Waals surface area contributed by atoms with Gasteiger partial charge in [0, 0.05) is 17.6 Å². The lowest BCUT2D eigenvalue weighted by Gasteiger charge is -2.31. The Balaban J connectivity index is 1.42. The molecule has 5 nitrogen and oxygen atoms in total. The Kier molecular flexibility index (Phi) is 5.79. The zero-order chi connectivity index (χ0) is 17.9. The van der Waals surface area contributed by atoms with Crippen molar-refractivity contribution in [2.45, 2.75) is 37.5 Å². The highest BCUT2D eigenvalue weighted by Gasteiger charge is 2.50. The Bertz CT molecular complexity index is 628. The minimum atomic E-state index is -0.317. The number of halogens is 1. The van der Waals surface area contributed by atoms with Crippen molar-refractivity contribution in [3.8, 4) is 0 Å². The van der Waals surface area contributed by atoms with Gasteiger partial charge in [-0.05, 0) is 62.9 Å². The zero-order valence-electron chi connectivity index (χ0n) is 14.5. The van der Waals surface area contributed by atoms with Gasteiger partial charge in [-0.15, -0.1) is 0 Å². The molecule has 0 spiro atoms. The first-order chi connectivity index (χ1) is 12.0. The number of carbonyl (C=O) groups is 2. The van der Waals surface area contributed by atoms with Crippen molar-refractivity contribution in [3.05, 3.63) is 34.3 Å². The molecular weight excluding hydrogens is 382 g/mol. The zero-order valence-corrected chi connectivity index (χ0v) is 16.1. The van der Waals surface area contributed by atoms with Crippen LogP contribution in [0.1, 0.15) is 37.7 Å². The third kappa shape index (κ3) is 4.42. The van der Waals surface area contributed by atoms with E-state index in [2.05, 4.69) is 26.1 Å². The summed E-state index contributed by atoms with van der Waals surface area (Å²) in [6.45, 7) is 3.34. The lowest BCUT2D eigenvalue weighted by Crippen LogP contribution is -2.42. The summed E-state index contributed by atoms with van der Waals surface area (Å²) in [5.74, 6) is -0.0675. The van der Waals surface area contributed by atoms with Crippen LogP contribution < -0.4 is 11.1 Å². The molecule has 0 bridgehead atoms. The number of nitrogens with zero attached hydrogens (tertiary/aromatic N) is 1. The van der Waals surface area contributed by atoms with Gasteiger partial charge in [0.2, 0.25) is 11.8 Å². The van der Waals surface area contributed by atoms with Gasteiger partial charge in [0.15, 0.2) is 0 Å². The molecule has 2 fully saturated rings. The summed E-state index contributed by atoms with van der Waals surface area (Å²) >= 11 is 3.44. The van der Waals surface area contributed by atoms with Crippen molar-refractivity contribution >= 4 is 27.7 Å². The van der Waals surface area contributed by atoms with E-state index >= 15 is 0 Å². The Morgan fingerprint density at radius 1 is 1.28 bits per heavy atom. The number of hydrogen-bond acceptors (Lipinski definition) is 3. The molecular formula is C19H26BrN3O2. The number of benzene rings is 1. The minimum absolute atomic E-state index is 0.0181. The van der Waals surface area contributed by atoms with Crippen molar-refractivity contribution in [1.82, 2.24) is 10.2 Å². The number of nitrogens with two attached hydrogens (primary N) is 1. The lowest BCUT2D eigenvalue weighted by molar-refractivity contribution is -0.124. The Labute approximate surface area is 157 Å². The second kappa shape index (κ2) is 7.87. The average molecular weight is 408 g/mol. The number of hydrogen-bond donors (Lipinski definition) is 2. The summed E-state index contributed by atoms with van der Waals surface area (Å²) in [7, 11) is 0. The molecule has 25 heavy (non-hydrogen) atoms. The number of carbonyl (C=O) groups excluding carboxylic acids is 2. The molecule has 1 aliphatic carbocycles. The standard InChI is InChI=1S/C19H26BrN3O2/c20-16-6-4-15(5-7-16)19(8-9-19)18(25)22-10-2-12-23-11-1-3-14(13-23)17(21)24/h4-7,14H,1-3,8-13H2,(H2,21,24)(H,22,25). The molecule has 3 rings (SSSR count). The molecule has 136 valence electrons. The van der Waals surface area contributed by atoms with Crippen LogP contribution in [0.5, 0.6) is 0 Å². The molecule has 2 aliphatic rings. The average Bonchev–Trinajstić information content (AvgIpc) is 3.41. The fourth-order valence-electron chi connectivity index (χ4n) is 3.71. The van der Waals surface area contributed by atoms with E-state index in [0.29, 0.717) is 6.54 Å². The summed E-state index contributed by atoms with van der Waals surface area (Å²) in [6, 6.07) is 8.06. The first kappa shape index (κ1) is 18.4. The third-order valence-electron chi connectivity index (χ3n) is 5.43. The van der Waals surface area contributed by atoms with Crippen molar-refractivity contribution in [2.75, 3.05) is 26.2 Å². The van der Waals surface area contributed by atoms with Crippen LogP contribution in [0.4, 0.5) is 0 Å². The first-order valence-electron chi connectivity index (χ1n) is 9.07. The van der Waals surface area contributed by atoms with Crippen LogP contribution in [0.3, 0.4) is 0 Å². The molecule has 1 aromatic rings. The fourth-order valence-corrected chi connectivity index (χ4v) is 3.97. The highest BCUT2D eigenvalue weighted by atomic mass is 79.9. The summed E-state index contributed by atoms with van der Waals surface area (Å²) in [5, 5.41) is 3.10. The molecule has 1 saturated carbocycles. The van der Waals surface area contributed by atoms with E-state index in [9.17, 15) is 9.59 Å². The molecule has 6 heteroatoms. The largest absolute Gasteiger partial charge is 0.369 e. The van der Waals surface area contributed by atoms with Gasteiger partial charge in [-0.3, -0.25) is 9.59 Å². The van der Waals surface area contributed by atoms with Gasteiger partial charge in [-0.25, -0.2) is 0 Å². The van der Waals surface area contributed by atoms with Crippen molar-refractivity contribution < 1.29 is 9.59 Å². The molecule has 3 N–H and O–H groups in total. The number of rotatable bonds is 7. The summed E-state index contributed by atoms with van der Waals surface area (Å²) in [6.07, 6.45) is 4.67. The van der Waals surface area contributed by atoms with Gasteiger partial charge >= 0.3 is 0 Å². The van der Waals surface area contributed by atoms with Crippen molar-refractivity contribution in [1.29, 1.82) is 0 Å². The van der Waals surface area contributed by atoms with Gasteiger partial charge in [0.25, 0.3) is 0 Å². The molecule has 1 heterocycles. The van der Waals surface area contributed by atoms with Crippen LogP contribution in [0.2, 0.25) is 0 Å². The van der Waals surface area contributed by atoms with Crippen LogP contribution in [-0.4, -0.2) is 42.9 Å². The van der Waals surface area contributed by atoms with E-state index in [0.717, 1.165) is 61.8 Å². The molecule has 1 saturated heterocycles. The maximum Gasteiger partial charge on any atom is 0.230 e. The Morgan fingerprint density at radius 3 is 2.64 bits per heavy atom. The monoisotopic (exact) mass is 407 g/mol. The number of piperidine rings is 1. The predicted molar refractivity (Wildman–Crippen MR) is 101 cm³/mol. The van der Waals surface area contributed by atoms with Gasteiger partial charge in [-0.2, -0.15) is 0 Å². The Morgan fingerprint density at radius 2 is 2.00 bits per heavy atom. The molecule has 2 amide bonds. The number of likely N-dealkylation sites (tertiary alicyclic amines) is 1. The minimum Gasteiger partial charge on any atom is -0.369 e. The van der Waals surface area contributed by atoms with E-state index in [-0.39, 0.29) is 23.1 Å². The van der Waals surface area contributed by atoms with E-state index in [1.807, 2.05) is 24.3 Å². The molecule has 0 aromatic heterocycles. The lowest BCUT2D eigenvalue weighted by atomic mass is 9.95. The summed E-state index contributed by atoms with van der Waals surface area (Å²) < 4.78 is 1.03. The van der Waals surface area contributed by atoms with Gasteiger partial charge in [0.1, 0.15) is 0 Å². The second-order valence-corrected chi connectivity index (χ2v) is 8.16. The summed E-state index contributed by atoms with van der Waals surface area (Å²) in [5.41, 5.74) is 6.21. The van der Waals surface area contributed by atoms with Crippen LogP contribution in [0, 0.1) is 5.92 Å². The third-order valence-corrected chi connectivity index (χ3v) is 5.95. The van der Waals surface area contributed by atoms with Crippen LogP contribution in [0.25, 0.3) is 0 Å². The predicted octanol–water partition coefficient (Wildman–Crippen LogP) is 2.18. The van der Waals surface area contributed by atoms with E-state index in [1.54, 1.807) is 0 Å². The van der Waals surface area contributed by atoms with Crippen molar-refractivity contribution in [2.24, 2.45) is 11.7 Å². The Hall–Kier alpha value is -1.40. The molecule has 1 aromatic carbocycles. The van der Waals surface area contributed by atoms with E-state index in [1.165, 1.54) is 0 Å². The van der Waals surface area contributed by atoms with Gasteiger partial charge in [0.05, 0.1) is 11.3 Å². The normalized spacial score (nSPS) is 22.4. The molecule has 1 unspecified atom stereocenters. The molecule has 0 radical (unpaired) electrons. The van der Waals surface area contributed by atoms with Crippen LogP contribution in [0.15, 0.2) is 28.7 Å². The molecule has 1 atom stereocenters. The van der Waals surface area contributed by atoms with E-state index in [4.69, 9.17) is 5.73 Å². The maximum absolute atomic E-state index is 12.6. The fraction of sp³-hybridized carbons (Fsp3) is 0.579. The topological polar surface area (TPSA) is 75.4 Å². The highest BCUT2D eigenvalue weighted by molar-refractivity contribution is 9.10. The second-order valence-electron chi connectivity index (χ2n) is 7.24. The number of primary amides is 1. The van der Waals surface area contributed by atoms with E-state index < -0.39 is 0 Å². The van der Waals surface area contributed by atoms with Crippen LogP contribution in [-0.2, 0) is 15.0 Å². The smallest absolute Gasteiger partial charge is 0.230 e.